The van der Waals surface area contributed by atoms with Crippen molar-refractivity contribution >= 4 is 11.8 Å². The van der Waals surface area contributed by atoms with Gasteiger partial charge in [0, 0.05) is 45.0 Å². The molecule has 1 aromatic rings. The van der Waals surface area contributed by atoms with E-state index in [2.05, 4.69) is 9.88 Å². The third-order valence-corrected chi connectivity index (χ3v) is 8.34. The normalized spacial score (nSPS) is 33.7. The molecular weight excluding hydrogens is 362 g/mol. The molecule has 0 radical (unpaired) electrons. The van der Waals surface area contributed by atoms with Crippen LogP contribution in [0.1, 0.15) is 56.9 Å². The van der Waals surface area contributed by atoms with Gasteiger partial charge in [-0.15, -0.1) is 0 Å². The molecule has 4 unspecified atom stereocenters. The SMILES string of the molecule is CN(Cc1cccnc1)C(=O)C1CCN(C(=O)C23CC4CCC(C2)C(C4)C3)CC1. The van der Waals surface area contributed by atoms with E-state index in [0.717, 1.165) is 68.5 Å². The van der Waals surface area contributed by atoms with Crippen LogP contribution in [0.3, 0.4) is 0 Å². The number of hydrogen-bond acceptors (Lipinski definition) is 3. The van der Waals surface area contributed by atoms with Gasteiger partial charge < -0.3 is 9.80 Å². The third-order valence-electron chi connectivity index (χ3n) is 8.34. The Morgan fingerprint density at radius 1 is 1.14 bits per heavy atom. The minimum Gasteiger partial charge on any atom is -0.342 e. The molecule has 5 nitrogen and oxygen atoms in total. The van der Waals surface area contributed by atoms with Crippen LogP contribution >= 0.6 is 0 Å². The van der Waals surface area contributed by atoms with Crippen molar-refractivity contribution in [2.24, 2.45) is 29.1 Å². The van der Waals surface area contributed by atoms with Gasteiger partial charge in [0.25, 0.3) is 0 Å². The summed E-state index contributed by atoms with van der Waals surface area (Å²) in [6.45, 7) is 2.09. The molecule has 2 amide bonds. The molecule has 156 valence electrons. The Bertz CT molecular complexity index is 770. The van der Waals surface area contributed by atoms with Gasteiger partial charge in [-0.3, -0.25) is 14.6 Å². The minimum absolute atomic E-state index is 0.0390. The van der Waals surface area contributed by atoms with E-state index < -0.39 is 0 Å². The minimum atomic E-state index is -0.0529. The van der Waals surface area contributed by atoms with Crippen LogP contribution in [0.4, 0.5) is 0 Å². The summed E-state index contributed by atoms with van der Waals surface area (Å²) in [6.07, 6.45) is 12.6. The standard InChI is InChI=1S/C24H33N3O2/c1-26(16-18-3-2-8-25-15-18)22(28)19-6-9-27(10-7-19)23(29)24-12-17-4-5-20(13-24)21(11-17)14-24/h2-3,8,15,17,19-21H,4-7,9-14,16H2,1H3. The monoisotopic (exact) mass is 395 g/mol. The quantitative estimate of drug-likeness (QED) is 0.784. The highest BCUT2D eigenvalue weighted by molar-refractivity contribution is 5.84. The summed E-state index contributed by atoms with van der Waals surface area (Å²) in [7, 11) is 1.88. The first-order valence-corrected chi connectivity index (χ1v) is 11.5. The Morgan fingerprint density at radius 2 is 1.93 bits per heavy atom. The first kappa shape index (κ1) is 19.1. The van der Waals surface area contributed by atoms with Crippen LogP contribution in [-0.4, -0.2) is 46.7 Å². The van der Waals surface area contributed by atoms with E-state index in [4.69, 9.17) is 0 Å². The highest BCUT2D eigenvalue weighted by atomic mass is 16.2. The van der Waals surface area contributed by atoms with Crippen molar-refractivity contribution in [2.75, 3.05) is 20.1 Å². The van der Waals surface area contributed by atoms with Crippen molar-refractivity contribution in [1.82, 2.24) is 14.8 Å². The number of hydrogen-bond donors (Lipinski definition) is 0. The zero-order valence-electron chi connectivity index (χ0n) is 17.6. The Hall–Kier alpha value is -1.91. The molecule has 3 saturated carbocycles. The van der Waals surface area contributed by atoms with Crippen LogP contribution in [0, 0.1) is 29.1 Å². The van der Waals surface area contributed by atoms with E-state index in [1.165, 1.54) is 19.3 Å². The lowest BCUT2D eigenvalue weighted by atomic mass is 9.67. The lowest BCUT2D eigenvalue weighted by Crippen LogP contribution is -2.49. The summed E-state index contributed by atoms with van der Waals surface area (Å²) < 4.78 is 0. The molecule has 4 fully saturated rings. The van der Waals surface area contributed by atoms with E-state index in [1.54, 1.807) is 6.20 Å². The van der Waals surface area contributed by atoms with Crippen LogP contribution < -0.4 is 0 Å². The van der Waals surface area contributed by atoms with Gasteiger partial charge >= 0.3 is 0 Å². The fourth-order valence-electron chi connectivity index (χ4n) is 7.02. The summed E-state index contributed by atoms with van der Waals surface area (Å²) in [4.78, 5) is 34.5. The van der Waals surface area contributed by atoms with Gasteiger partial charge in [-0.25, -0.2) is 0 Å². The maximum absolute atomic E-state index is 13.5. The largest absolute Gasteiger partial charge is 0.342 e. The number of carbonyl (C=O) groups excluding carboxylic acids is 2. The lowest BCUT2D eigenvalue weighted by Gasteiger charge is -2.42. The number of pyridine rings is 1. The van der Waals surface area contributed by atoms with Crippen molar-refractivity contribution in [2.45, 2.75) is 57.9 Å². The van der Waals surface area contributed by atoms with Crippen LogP contribution in [0.25, 0.3) is 0 Å². The first-order valence-electron chi connectivity index (χ1n) is 11.5. The van der Waals surface area contributed by atoms with Gasteiger partial charge in [0.2, 0.25) is 11.8 Å². The molecule has 1 saturated heterocycles. The highest BCUT2D eigenvalue weighted by Crippen LogP contribution is 2.62. The van der Waals surface area contributed by atoms with Crippen LogP contribution in [0.5, 0.6) is 0 Å². The topological polar surface area (TPSA) is 53.5 Å². The second kappa shape index (κ2) is 7.41. The molecule has 4 atom stereocenters. The number of likely N-dealkylation sites (tertiary alicyclic amines) is 1. The Kier molecular flexibility index (Phi) is 4.87. The average Bonchev–Trinajstić information content (AvgIpc) is 2.93. The van der Waals surface area contributed by atoms with E-state index in [9.17, 15) is 9.59 Å². The predicted molar refractivity (Wildman–Crippen MR) is 111 cm³/mol. The number of aromatic nitrogens is 1. The Balaban J connectivity index is 1.17. The van der Waals surface area contributed by atoms with Gasteiger partial charge in [-0.2, -0.15) is 0 Å². The van der Waals surface area contributed by atoms with Crippen molar-refractivity contribution in [3.63, 3.8) is 0 Å². The molecule has 5 heteroatoms. The third kappa shape index (κ3) is 3.47. The predicted octanol–water partition coefficient (Wildman–Crippen LogP) is 3.50. The van der Waals surface area contributed by atoms with Crippen molar-refractivity contribution in [3.05, 3.63) is 30.1 Å². The van der Waals surface area contributed by atoms with Crippen LogP contribution in [-0.2, 0) is 16.1 Å². The molecule has 29 heavy (non-hydrogen) atoms. The van der Waals surface area contributed by atoms with Crippen molar-refractivity contribution in [1.29, 1.82) is 0 Å². The number of rotatable bonds is 4. The summed E-state index contributed by atoms with van der Waals surface area (Å²) in [5, 5.41) is 0. The molecule has 0 N–H and O–H groups in total. The maximum Gasteiger partial charge on any atom is 0.228 e. The molecule has 0 aromatic carbocycles. The molecule has 3 aliphatic carbocycles. The molecular formula is C24H33N3O2. The van der Waals surface area contributed by atoms with E-state index in [1.807, 2.05) is 30.3 Å². The zero-order chi connectivity index (χ0) is 20.0. The molecule has 1 aromatic heterocycles. The molecule has 5 rings (SSSR count). The van der Waals surface area contributed by atoms with Crippen molar-refractivity contribution in [3.8, 4) is 0 Å². The van der Waals surface area contributed by atoms with Gasteiger partial charge in [0.1, 0.15) is 0 Å². The number of amides is 2. The summed E-state index contributed by atoms with van der Waals surface area (Å²) in [5.41, 5.74) is 1.00. The molecule has 4 aliphatic rings. The molecule has 0 spiro atoms. The molecule has 3 bridgehead atoms. The van der Waals surface area contributed by atoms with Gasteiger partial charge in [-0.1, -0.05) is 12.5 Å². The van der Waals surface area contributed by atoms with E-state index in [0.29, 0.717) is 12.5 Å². The van der Waals surface area contributed by atoms with Crippen molar-refractivity contribution < 1.29 is 9.59 Å². The average molecular weight is 396 g/mol. The fourth-order valence-corrected chi connectivity index (χ4v) is 7.02. The van der Waals surface area contributed by atoms with Gasteiger partial charge in [0.15, 0.2) is 0 Å². The summed E-state index contributed by atoms with van der Waals surface area (Å²) >= 11 is 0. The smallest absolute Gasteiger partial charge is 0.228 e. The Labute approximate surface area is 173 Å². The molecule has 2 heterocycles. The first-order chi connectivity index (χ1) is 14.0. The second-order valence-corrected chi connectivity index (χ2v) is 10.2. The number of nitrogens with zero attached hydrogens (tertiary/aromatic N) is 3. The lowest BCUT2D eigenvalue weighted by molar-refractivity contribution is -0.148. The number of piperidine rings is 1. The number of carbonyl (C=O) groups is 2. The number of fused-ring (bicyclic) bond motifs is 2. The summed E-state index contributed by atoms with van der Waals surface area (Å²) in [5.74, 6) is 3.07. The van der Waals surface area contributed by atoms with Gasteiger partial charge in [0.05, 0.1) is 5.41 Å². The highest BCUT2D eigenvalue weighted by Gasteiger charge is 2.57. The van der Waals surface area contributed by atoms with Crippen LogP contribution in [0.2, 0.25) is 0 Å². The second-order valence-electron chi connectivity index (χ2n) is 10.2. The zero-order valence-corrected chi connectivity index (χ0v) is 17.6. The van der Waals surface area contributed by atoms with E-state index in [-0.39, 0.29) is 17.2 Å². The maximum atomic E-state index is 13.5. The van der Waals surface area contributed by atoms with E-state index >= 15 is 0 Å². The Morgan fingerprint density at radius 3 is 2.69 bits per heavy atom. The fraction of sp³-hybridized carbons (Fsp3) is 0.708. The molecule has 1 aliphatic heterocycles. The van der Waals surface area contributed by atoms with Crippen LogP contribution in [0.15, 0.2) is 24.5 Å². The summed E-state index contributed by atoms with van der Waals surface area (Å²) in [6, 6.07) is 3.91. The van der Waals surface area contributed by atoms with Gasteiger partial charge in [-0.05, 0) is 74.3 Å².